The molecular formula is C11H11Cl2N3O. The summed E-state index contributed by atoms with van der Waals surface area (Å²) in [7, 11) is 1.68. The van der Waals surface area contributed by atoms with E-state index >= 15 is 0 Å². The molecule has 0 aliphatic carbocycles. The zero-order chi connectivity index (χ0) is 12.8. The number of carbonyl (C=O) groups excluding carboxylic acids is 1. The maximum absolute atomic E-state index is 11.6. The van der Waals surface area contributed by atoms with Gasteiger partial charge in [-0.15, -0.1) is 0 Å². The third-order valence-corrected chi connectivity index (χ3v) is 2.61. The maximum atomic E-state index is 11.6. The third kappa shape index (κ3) is 4.23. The Bertz CT molecular complexity index is 436. The topological polar surface area (TPSA) is 56.1 Å². The fourth-order valence-electron chi connectivity index (χ4n) is 1.22. The molecule has 4 nitrogen and oxygen atoms in total. The van der Waals surface area contributed by atoms with Crippen LogP contribution in [0.3, 0.4) is 0 Å². The number of halogens is 2. The summed E-state index contributed by atoms with van der Waals surface area (Å²) in [4.78, 5) is 13.2. The van der Waals surface area contributed by atoms with Gasteiger partial charge in [0.1, 0.15) is 0 Å². The van der Waals surface area contributed by atoms with Crippen LogP contribution in [0.25, 0.3) is 0 Å². The highest BCUT2D eigenvalue weighted by molar-refractivity contribution is 6.39. The number of carbonyl (C=O) groups is 1. The Hall–Kier alpha value is -1.28. The van der Waals surface area contributed by atoms with Crippen LogP contribution in [-0.4, -0.2) is 30.9 Å². The summed E-state index contributed by atoms with van der Waals surface area (Å²) in [6.07, 6.45) is 0. The van der Waals surface area contributed by atoms with Crippen molar-refractivity contribution in [2.45, 2.75) is 0 Å². The lowest BCUT2D eigenvalue weighted by molar-refractivity contribution is -0.116. The van der Waals surface area contributed by atoms with E-state index in [1.54, 1.807) is 30.1 Å². The van der Waals surface area contributed by atoms with E-state index in [2.05, 4.69) is 5.32 Å². The summed E-state index contributed by atoms with van der Waals surface area (Å²) in [6.45, 7) is 0.290. The van der Waals surface area contributed by atoms with Crippen molar-refractivity contribution in [3.05, 3.63) is 28.2 Å². The molecule has 0 saturated heterocycles. The molecule has 0 fully saturated rings. The number of anilines is 1. The van der Waals surface area contributed by atoms with E-state index in [1.165, 1.54) is 0 Å². The standard InChI is InChI=1S/C11H11Cl2N3O/c1-16(6-5-14)7-10(17)15-11-8(12)3-2-4-9(11)13/h2-4H,6-7H2,1H3,(H,15,17). The molecule has 1 aromatic carbocycles. The van der Waals surface area contributed by atoms with E-state index in [0.29, 0.717) is 15.7 Å². The van der Waals surface area contributed by atoms with Crippen LogP contribution < -0.4 is 5.32 Å². The predicted octanol–water partition coefficient (Wildman–Crippen LogP) is 2.39. The molecule has 0 atom stereocenters. The molecule has 0 aromatic heterocycles. The fraction of sp³-hybridized carbons (Fsp3) is 0.273. The number of para-hydroxylation sites is 1. The summed E-state index contributed by atoms with van der Waals surface area (Å²) in [5.41, 5.74) is 0.395. The molecular weight excluding hydrogens is 261 g/mol. The molecule has 17 heavy (non-hydrogen) atoms. The summed E-state index contributed by atoms with van der Waals surface area (Å²) in [6, 6.07) is 6.93. The molecule has 0 radical (unpaired) electrons. The number of nitrogens with zero attached hydrogens (tertiary/aromatic N) is 2. The third-order valence-electron chi connectivity index (χ3n) is 1.98. The largest absolute Gasteiger partial charge is 0.322 e. The van der Waals surface area contributed by atoms with Crippen LogP contribution >= 0.6 is 23.2 Å². The first kappa shape index (κ1) is 13.8. The molecule has 0 spiro atoms. The number of hydrogen-bond donors (Lipinski definition) is 1. The number of hydrogen-bond acceptors (Lipinski definition) is 3. The van der Waals surface area contributed by atoms with Gasteiger partial charge in [-0.25, -0.2) is 0 Å². The van der Waals surface area contributed by atoms with Crippen LogP contribution in [0, 0.1) is 11.3 Å². The van der Waals surface area contributed by atoms with Crippen molar-refractivity contribution < 1.29 is 4.79 Å². The van der Waals surface area contributed by atoms with Crippen molar-refractivity contribution >= 4 is 34.8 Å². The van der Waals surface area contributed by atoms with E-state index in [4.69, 9.17) is 28.5 Å². The number of rotatable bonds is 4. The minimum Gasteiger partial charge on any atom is -0.322 e. The van der Waals surface area contributed by atoms with Crippen LogP contribution in [-0.2, 0) is 4.79 Å². The lowest BCUT2D eigenvalue weighted by Crippen LogP contribution is -2.30. The number of benzene rings is 1. The number of amides is 1. The smallest absolute Gasteiger partial charge is 0.238 e. The van der Waals surface area contributed by atoms with Crippen LogP contribution in [0.5, 0.6) is 0 Å². The van der Waals surface area contributed by atoms with E-state index in [0.717, 1.165) is 0 Å². The Labute approximate surface area is 110 Å². The quantitative estimate of drug-likeness (QED) is 0.856. The molecule has 1 N–H and O–H groups in total. The highest BCUT2D eigenvalue weighted by Gasteiger charge is 2.11. The minimum atomic E-state index is -0.266. The lowest BCUT2D eigenvalue weighted by atomic mass is 10.3. The van der Waals surface area contributed by atoms with Gasteiger partial charge in [-0.2, -0.15) is 5.26 Å². The van der Waals surface area contributed by atoms with Crippen molar-refractivity contribution in [3.63, 3.8) is 0 Å². The minimum absolute atomic E-state index is 0.106. The zero-order valence-electron chi connectivity index (χ0n) is 9.20. The molecule has 0 bridgehead atoms. The first-order chi connectivity index (χ1) is 8.04. The van der Waals surface area contributed by atoms with Crippen LogP contribution in [0.15, 0.2) is 18.2 Å². The first-order valence-electron chi connectivity index (χ1n) is 4.84. The Morgan fingerprint density at radius 2 is 2.06 bits per heavy atom. The summed E-state index contributed by atoms with van der Waals surface area (Å²) in [5, 5.41) is 11.8. The SMILES string of the molecule is CN(CC#N)CC(=O)Nc1c(Cl)cccc1Cl. The van der Waals surface area contributed by atoms with Gasteiger partial charge in [-0.3, -0.25) is 9.69 Å². The molecule has 0 saturated carbocycles. The van der Waals surface area contributed by atoms with Gasteiger partial charge in [-0.1, -0.05) is 29.3 Å². The molecule has 0 aliphatic rings. The van der Waals surface area contributed by atoms with E-state index in [-0.39, 0.29) is 19.0 Å². The van der Waals surface area contributed by atoms with Gasteiger partial charge in [0.2, 0.25) is 5.91 Å². The second kappa shape index (κ2) is 6.45. The van der Waals surface area contributed by atoms with E-state index < -0.39 is 0 Å². The molecule has 0 unspecified atom stereocenters. The number of nitrogens with one attached hydrogen (secondary N) is 1. The van der Waals surface area contributed by atoms with Gasteiger partial charge in [0.25, 0.3) is 0 Å². The molecule has 0 aliphatic heterocycles. The maximum Gasteiger partial charge on any atom is 0.238 e. The van der Waals surface area contributed by atoms with E-state index in [9.17, 15) is 4.79 Å². The van der Waals surface area contributed by atoms with Crippen molar-refractivity contribution in [2.24, 2.45) is 0 Å². The summed E-state index contributed by atoms with van der Waals surface area (Å²) >= 11 is 11.8. The molecule has 1 rings (SSSR count). The Kier molecular flexibility index (Phi) is 5.23. The zero-order valence-corrected chi connectivity index (χ0v) is 10.7. The number of likely N-dealkylation sites (N-methyl/N-ethyl adjacent to an activating group) is 1. The highest BCUT2D eigenvalue weighted by Crippen LogP contribution is 2.29. The van der Waals surface area contributed by atoms with Crippen molar-refractivity contribution in [1.29, 1.82) is 5.26 Å². The van der Waals surface area contributed by atoms with Gasteiger partial charge < -0.3 is 5.32 Å². The van der Waals surface area contributed by atoms with Gasteiger partial charge >= 0.3 is 0 Å². The van der Waals surface area contributed by atoms with Crippen LogP contribution in [0.1, 0.15) is 0 Å². The van der Waals surface area contributed by atoms with Gasteiger partial charge in [0.15, 0.2) is 0 Å². The first-order valence-corrected chi connectivity index (χ1v) is 5.59. The second-order valence-corrected chi connectivity index (χ2v) is 4.29. The fourth-order valence-corrected chi connectivity index (χ4v) is 1.71. The number of nitriles is 1. The van der Waals surface area contributed by atoms with Gasteiger partial charge in [0.05, 0.1) is 34.9 Å². The Morgan fingerprint density at radius 3 is 2.59 bits per heavy atom. The monoisotopic (exact) mass is 271 g/mol. The lowest BCUT2D eigenvalue weighted by Gasteiger charge is -2.13. The van der Waals surface area contributed by atoms with Crippen LogP contribution in [0.4, 0.5) is 5.69 Å². The van der Waals surface area contributed by atoms with Crippen molar-refractivity contribution in [1.82, 2.24) is 4.90 Å². The van der Waals surface area contributed by atoms with Gasteiger partial charge in [-0.05, 0) is 19.2 Å². The Balaban J connectivity index is 2.66. The highest BCUT2D eigenvalue weighted by atomic mass is 35.5. The normalized spacial score (nSPS) is 10.1. The molecule has 1 amide bonds. The molecule has 90 valence electrons. The average Bonchev–Trinajstić information content (AvgIpc) is 2.24. The summed E-state index contributed by atoms with van der Waals surface area (Å²) < 4.78 is 0. The second-order valence-electron chi connectivity index (χ2n) is 3.48. The molecule has 6 heteroatoms. The average molecular weight is 272 g/mol. The summed E-state index contributed by atoms with van der Waals surface area (Å²) in [5.74, 6) is -0.266. The van der Waals surface area contributed by atoms with E-state index in [1.807, 2.05) is 6.07 Å². The predicted molar refractivity (Wildman–Crippen MR) is 68.2 cm³/mol. The van der Waals surface area contributed by atoms with Crippen molar-refractivity contribution in [3.8, 4) is 6.07 Å². The van der Waals surface area contributed by atoms with Gasteiger partial charge in [0, 0.05) is 0 Å². The van der Waals surface area contributed by atoms with Crippen LogP contribution in [0.2, 0.25) is 10.0 Å². The molecule has 0 heterocycles. The van der Waals surface area contributed by atoms with Crippen molar-refractivity contribution in [2.75, 3.05) is 25.5 Å². The Morgan fingerprint density at radius 1 is 1.47 bits per heavy atom. The molecule has 1 aromatic rings.